The van der Waals surface area contributed by atoms with Crippen LogP contribution in [-0.2, 0) is 10.3 Å². The van der Waals surface area contributed by atoms with Gasteiger partial charge in [0.25, 0.3) is 0 Å². The predicted octanol–water partition coefficient (Wildman–Crippen LogP) is 2.83. The summed E-state index contributed by atoms with van der Waals surface area (Å²) in [5.74, 6) is 1.44. The van der Waals surface area contributed by atoms with Crippen molar-refractivity contribution >= 4 is 16.9 Å². The lowest BCUT2D eigenvalue weighted by Gasteiger charge is -2.35. The highest BCUT2D eigenvalue weighted by Crippen LogP contribution is 2.51. The third-order valence-electron chi connectivity index (χ3n) is 5.09. The number of methoxy groups -OCH3 is 1. The van der Waals surface area contributed by atoms with E-state index in [1.165, 1.54) is 5.56 Å². The molecular weight excluding hydrogens is 320 g/mol. The molecule has 0 unspecified atom stereocenters. The Balaban J connectivity index is 1.80. The summed E-state index contributed by atoms with van der Waals surface area (Å²) in [5, 5.41) is 0.677. The van der Waals surface area contributed by atoms with E-state index < -0.39 is 0 Å². The topological polar surface area (TPSA) is 73.4 Å². The van der Waals surface area contributed by atoms with Crippen LogP contribution in [0.2, 0.25) is 0 Å². The number of aliphatic imine (C=N–C) groups is 1. The number of amidine groups is 1. The molecule has 0 bridgehead atoms. The van der Waals surface area contributed by atoms with Crippen LogP contribution in [-0.4, -0.2) is 34.1 Å². The summed E-state index contributed by atoms with van der Waals surface area (Å²) >= 11 is 1.65. The van der Waals surface area contributed by atoms with Gasteiger partial charge in [-0.2, -0.15) is 0 Å². The third-order valence-corrected chi connectivity index (χ3v) is 6.05. The Morgan fingerprint density at radius 1 is 1.25 bits per heavy atom. The summed E-state index contributed by atoms with van der Waals surface area (Å²) in [6.45, 7) is 0. The van der Waals surface area contributed by atoms with Gasteiger partial charge in [-0.3, -0.25) is 4.99 Å². The summed E-state index contributed by atoms with van der Waals surface area (Å²) in [7, 11) is 1.79. The zero-order chi connectivity index (χ0) is 16.6. The van der Waals surface area contributed by atoms with Crippen LogP contribution >= 0.6 is 11.8 Å². The fraction of sp³-hybridized carbons (Fsp3) is 0.389. The highest BCUT2D eigenvalue weighted by Gasteiger charge is 2.50. The molecule has 1 saturated carbocycles. The van der Waals surface area contributed by atoms with Crippen molar-refractivity contribution in [2.75, 3.05) is 12.9 Å². The molecule has 24 heavy (non-hydrogen) atoms. The first-order valence-corrected chi connectivity index (χ1v) is 9.06. The maximum atomic E-state index is 6.10. The average molecular weight is 340 g/mol. The minimum absolute atomic E-state index is 0.231. The minimum atomic E-state index is -0.276. The van der Waals surface area contributed by atoms with Crippen LogP contribution in [0.4, 0.5) is 0 Å². The van der Waals surface area contributed by atoms with E-state index in [0.717, 1.165) is 29.7 Å². The number of nitrogens with zero attached hydrogens (tertiary/aromatic N) is 3. The van der Waals surface area contributed by atoms with E-state index in [-0.39, 0.29) is 11.6 Å². The molecule has 1 fully saturated rings. The molecule has 4 rings (SSSR count). The number of nitrogens with two attached hydrogens (primary N) is 1. The van der Waals surface area contributed by atoms with Gasteiger partial charge in [0.15, 0.2) is 5.17 Å². The summed E-state index contributed by atoms with van der Waals surface area (Å²) in [4.78, 5) is 13.2. The Hall–Kier alpha value is -1.92. The Labute approximate surface area is 145 Å². The average Bonchev–Trinajstić information content (AvgIpc) is 3.02. The van der Waals surface area contributed by atoms with Crippen molar-refractivity contribution in [3.8, 4) is 11.1 Å². The highest BCUT2D eigenvalue weighted by molar-refractivity contribution is 8.13. The van der Waals surface area contributed by atoms with Crippen LogP contribution in [0.1, 0.15) is 18.4 Å². The fourth-order valence-corrected chi connectivity index (χ4v) is 4.89. The lowest BCUT2D eigenvalue weighted by Crippen LogP contribution is -2.36. The molecule has 2 N–H and O–H groups in total. The number of ether oxygens (including phenoxy) is 1. The van der Waals surface area contributed by atoms with Gasteiger partial charge in [0.2, 0.25) is 0 Å². The van der Waals surface area contributed by atoms with E-state index in [4.69, 9.17) is 15.5 Å². The van der Waals surface area contributed by atoms with Crippen molar-refractivity contribution in [1.82, 2.24) is 9.97 Å². The summed E-state index contributed by atoms with van der Waals surface area (Å²) in [6.07, 6.45) is 7.35. The highest BCUT2D eigenvalue weighted by atomic mass is 32.2. The Kier molecular flexibility index (Phi) is 4.02. The fourth-order valence-electron chi connectivity index (χ4n) is 3.88. The number of hydrogen-bond donors (Lipinski definition) is 1. The van der Waals surface area contributed by atoms with E-state index in [1.54, 1.807) is 25.2 Å². The van der Waals surface area contributed by atoms with Gasteiger partial charge in [-0.15, -0.1) is 0 Å². The van der Waals surface area contributed by atoms with Crippen LogP contribution in [0.25, 0.3) is 11.1 Å². The van der Waals surface area contributed by atoms with Crippen LogP contribution in [0.3, 0.4) is 0 Å². The van der Waals surface area contributed by atoms with Crippen LogP contribution in [0.5, 0.6) is 0 Å². The second kappa shape index (κ2) is 6.18. The quantitative estimate of drug-likeness (QED) is 0.930. The molecule has 6 heteroatoms. The van der Waals surface area contributed by atoms with E-state index in [1.807, 2.05) is 12.4 Å². The van der Waals surface area contributed by atoms with Gasteiger partial charge in [0.1, 0.15) is 6.33 Å². The van der Waals surface area contributed by atoms with E-state index >= 15 is 0 Å². The molecule has 2 heterocycles. The number of aromatic nitrogens is 2. The van der Waals surface area contributed by atoms with Crippen LogP contribution in [0.15, 0.2) is 48.0 Å². The number of fused-ring (bicyclic) bond motifs is 1. The summed E-state index contributed by atoms with van der Waals surface area (Å²) < 4.78 is 5.66. The number of thioether (sulfide) groups is 1. The van der Waals surface area contributed by atoms with Crippen molar-refractivity contribution in [3.05, 3.63) is 48.5 Å². The van der Waals surface area contributed by atoms with Crippen LogP contribution < -0.4 is 5.73 Å². The second-order valence-electron chi connectivity index (χ2n) is 6.39. The molecule has 5 nitrogen and oxygen atoms in total. The first-order chi connectivity index (χ1) is 11.7. The molecule has 0 radical (unpaired) electrons. The molecule has 0 saturated heterocycles. The maximum Gasteiger partial charge on any atom is 0.154 e. The molecule has 2 aliphatic rings. The molecule has 1 aliphatic carbocycles. The van der Waals surface area contributed by atoms with Gasteiger partial charge in [-0.1, -0.05) is 30.0 Å². The van der Waals surface area contributed by atoms with Gasteiger partial charge in [-0.25, -0.2) is 9.97 Å². The lowest BCUT2D eigenvalue weighted by molar-refractivity contribution is 0.102. The lowest BCUT2D eigenvalue weighted by atomic mass is 9.81. The molecular formula is C18H20N4OS. The number of benzene rings is 1. The largest absolute Gasteiger partial charge is 0.381 e. The zero-order valence-electron chi connectivity index (χ0n) is 13.6. The van der Waals surface area contributed by atoms with E-state index in [0.29, 0.717) is 11.1 Å². The normalized spacial score (nSPS) is 29.1. The summed E-state index contributed by atoms with van der Waals surface area (Å²) in [6, 6.07) is 8.53. The van der Waals surface area contributed by atoms with Gasteiger partial charge in [0.05, 0.1) is 11.6 Å². The van der Waals surface area contributed by atoms with Crippen molar-refractivity contribution in [2.45, 2.75) is 24.5 Å². The van der Waals surface area contributed by atoms with Gasteiger partial charge >= 0.3 is 0 Å². The minimum Gasteiger partial charge on any atom is -0.381 e. The number of hydrogen-bond acceptors (Lipinski definition) is 6. The Morgan fingerprint density at radius 3 is 2.88 bits per heavy atom. The molecule has 1 aromatic carbocycles. The first-order valence-electron chi connectivity index (χ1n) is 8.08. The van der Waals surface area contributed by atoms with Crippen molar-refractivity contribution < 1.29 is 4.74 Å². The monoisotopic (exact) mass is 340 g/mol. The smallest absolute Gasteiger partial charge is 0.154 e. The van der Waals surface area contributed by atoms with E-state index in [9.17, 15) is 0 Å². The molecule has 3 atom stereocenters. The second-order valence-corrected chi connectivity index (χ2v) is 7.43. The molecule has 124 valence electrons. The molecule has 0 spiro atoms. The molecule has 1 aromatic heterocycles. The Morgan fingerprint density at radius 2 is 2.08 bits per heavy atom. The van der Waals surface area contributed by atoms with Gasteiger partial charge in [0, 0.05) is 43.2 Å². The standard InChI is InChI=1S/C18H20N4OS/c1-23-16-6-15-10-24-17(19)22-18(15,7-16)14-4-2-3-12(5-14)13-8-20-11-21-9-13/h2-5,8-9,11,15-16H,6-7,10H2,1H3,(H2,19,22)/t15-,16-,18+/m0/s1. The molecule has 2 aromatic rings. The van der Waals surface area contributed by atoms with Gasteiger partial charge in [-0.05, 0) is 23.6 Å². The number of rotatable bonds is 3. The van der Waals surface area contributed by atoms with Crippen LogP contribution in [0, 0.1) is 5.92 Å². The van der Waals surface area contributed by atoms with Crippen molar-refractivity contribution in [2.24, 2.45) is 16.6 Å². The molecule has 0 amide bonds. The third kappa shape index (κ3) is 2.59. The van der Waals surface area contributed by atoms with Crippen molar-refractivity contribution in [3.63, 3.8) is 0 Å². The SMILES string of the molecule is CO[C@H]1C[C@H]2CSC(N)=N[C@@]2(c2cccc(-c3cncnc3)c2)C1. The Bertz CT molecular complexity index is 767. The van der Waals surface area contributed by atoms with E-state index in [2.05, 4.69) is 34.2 Å². The summed E-state index contributed by atoms with van der Waals surface area (Å²) in [5.41, 5.74) is 9.15. The first kappa shape index (κ1) is 15.6. The van der Waals surface area contributed by atoms with Crippen molar-refractivity contribution in [1.29, 1.82) is 0 Å². The molecule has 1 aliphatic heterocycles. The zero-order valence-corrected chi connectivity index (χ0v) is 14.4. The van der Waals surface area contributed by atoms with Gasteiger partial charge < -0.3 is 10.5 Å². The maximum absolute atomic E-state index is 6.10. The predicted molar refractivity (Wildman–Crippen MR) is 96.7 cm³/mol.